The van der Waals surface area contributed by atoms with Gasteiger partial charge in [0.2, 0.25) is 0 Å². The van der Waals surface area contributed by atoms with Gasteiger partial charge in [-0.2, -0.15) is 0 Å². The Morgan fingerprint density at radius 1 is 1.62 bits per heavy atom. The van der Waals surface area contributed by atoms with Gasteiger partial charge >= 0.3 is 5.97 Å². The van der Waals surface area contributed by atoms with Crippen molar-refractivity contribution in [2.45, 2.75) is 19.9 Å². The number of carboxylic acid groups (broad SMARTS) is 1. The van der Waals surface area contributed by atoms with Crippen LogP contribution < -0.4 is 4.90 Å². The van der Waals surface area contributed by atoms with Gasteiger partial charge in [0.1, 0.15) is 5.69 Å². The predicted molar refractivity (Wildman–Crippen MR) is 63.9 cm³/mol. The molecule has 0 aliphatic heterocycles. The maximum atomic E-state index is 10.6. The lowest BCUT2D eigenvalue weighted by Gasteiger charge is -2.27. The summed E-state index contributed by atoms with van der Waals surface area (Å²) in [4.78, 5) is 16.6. The standard InChI is InChI=1S/C12H16N2O2/c1-4-7-14(9(2)3)10-5-6-11(12(15)16)13-8-10/h4-6,8-9H,1,7H2,2-3H3,(H,15,16). The van der Waals surface area contributed by atoms with Crippen LogP contribution in [0.3, 0.4) is 0 Å². The molecule has 0 fully saturated rings. The zero-order valence-electron chi connectivity index (χ0n) is 9.55. The molecule has 0 bridgehead atoms. The van der Waals surface area contributed by atoms with E-state index in [1.54, 1.807) is 12.3 Å². The summed E-state index contributed by atoms with van der Waals surface area (Å²) in [5.74, 6) is -1.01. The van der Waals surface area contributed by atoms with Gasteiger partial charge in [0.25, 0.3) is 0 Å². The van der Waals surface area contributed by atoms with Gasteiger partial charge in [-0.1, -0.05) is 6.08 Å². The third-order valence-corrected chi connectivity index (χ3v) is 2.25. The van der Waals surface area contributed by atoms with Crippen molar-refractivity contribution in [3.63, 3.8) is 0 Å². The molecule has 0 amide bonds. The van der Waals surface area contributed by atoms with Crippen molar-refractivity contribution >= 4 is 11.7 Å². The first-order valence-corrected chi connectivity index (χ1v) is 5.13. The second kappa shape index (κ2) is 5.30. The molecule has 86 valence electrons. The summed E-state index contributed by atoms with van der Waals surface area (Å²) in [5, 5.41) is 8.73. The minimum atomic E-state index is -1.01. The van der Waals surface area contributed by atoms with Gasteiger partial charge in [0.05, 0.1) is 11.9 Å². The molecule has 4 heteroatoms. The number of hydrogen-bond donors (Lipinski definition) is 1. The topological polar surface area (TPSA) is 53.4 Å². The van der Waals surface area contributed by atoms with Crippen LogP contribution in [0.4, 0.5) is 5.69 Å². The van der Waals surface area contributed by atoms with Gasteiger partial charge in [-0.3, -0.25) is 0 Å². The summed E-state index contributed by atoms with van der Waals surface area (Å²) in [6.45, 7) is 8.54. The average molecular weight is 220 g/mol. The van der Waals surface area contributed by atoms with Crippen LogP contribution in [0.25, 0.3) is 0 Å². The Hall–Kier alpha value is -1.84. The third-order valence-electron chi connectivity index (χ3n) is 2.25. The molecule has 1 rings (SSSR count). The number of carbonyl (C=O) groups is 1. The molecule has 0 aliphatic rings. The normalized spacial score (nSPS) is 10.2. The molecule has 0 saturated carbocycles. The Labute approximate surface area is 95.2 Å². The van der Waals surface area contributed by atoms with Crippen LogP contribution >= 0.6 is 0 Å². The summed E-state index contributed by atoms with van der Waals surface area (Å²) in [5.41, 5.74) is 0.964. The minimum Gasteiger partial charge on any atom is -0.477 e. The Balaban J connectivity index is 2.93. The van der Waals surface area contributed by atoms with E-state index in [-0.39, 0.29) is 5.69 Å². The molecule has 4 nitrogen and oxygen atoms in total. The van der Waals surface area contributed by atoms with Crippen LogP contribution in [0.15, 0.2) is 31.0 Å². The van der Waals surface area contributed by atoms with Crippen molar-refractivity contribution in [3.05, 3.63) is 36.7 Å². The van der Waals surface area contributed by atoms with Crippen molar-refractivity contribution in [2.24, 2.45) is 0 Å². The van der Waals surface area contributed by atoms with E-state index < -0.39 is 5.97 Å². The second-order valence-electron chi connectivity index (χ2n) is 3.74. The lowest BCUT2D eigenvalue weighted by atomic mass is 10.2. The fourth-order valence-electron chi connectivity index (χ4n) is 1.44. The van der Waals surface area contributed by atoms with Gasteiger partial charge in [0.15, 0.2) is 0 Å². The molecule has 0 aliphatic carbocycles. The van der Waals surface area contributed by atoms with Crippen LogP contribution in [-0.2, 0) is 0 Å². The number of aromatic carboxylic acids is 1. The molecule has 16 heavy (non-hydrogen) atoms. The fraction of sp³-hybridized carbons (Fsp3) is 0.333. The molecule has 0 radical (unpaired) electrons. The van der Waals surface area contributed by atoms with E-state index in [9.17, 15) is 4.79 Å². The first-order chi connectivity index (χ1) is 7.56. The SMILES string of the molecule is C=CCN(c1ccc(C(=O)O)nc1)C(C)C. The van der Waals surface area contributed by atoms with Crippen LogP contribution in [0.1, 0.15) is 24.3 Å². The van der Waals surface area contributed by atoms with E-state index >= 15 is 0 Å². The predicted octanol–water partition coefficient (Wildman–Crippen LogP) is 2.18. The van der Waals surface area contributed by atoms with Gasteiger partial charge in [-0.25, -0.2) is 9.78 Å². The summed E-state index contributed by atoms with van der Waals surface area (Å²) in [7, 11) is 0. The fourth-order valence-corrected chi connectivity index (χ4v) is 1.44. The molecule has 0 atom stereocenters. The number of carboxylic acids is 1. The molecule has 1 aromatic rings. The van der Waals surface area contributed by atoms with Gasteiger partial charge in [-0.05, 0) is 26.0 Å². The Kier molecular flexibility index (Phi) is 4.05. The van der Waals surface area contributed by atoms with Crippen LogP contribution in [-0.4, -0.2) is 28.6 Å². The highest BCUT2D eigenvalue weighted by Crippen LogP contribution is 2.15. The molecular weight excluding hydrogens is 204 g/mol. The lowest BCUT2D eigenvalue weighted by molar-refractivity contribution is 0.0690. The summed E-state index contributed by atoms with van der Waals surface area (Å²) in [6.07, 6.45) is 3.39. The molecule has 1 heterocycles. The highest BCUT2D eigenvalue weighted by Gasteiger charge is 2.10. The third kappa shape index (κ3) is 2.82. The summed E-state index contributed by atoms with van der Waals surface area (Å²) in [6, 6.07) is 3.59. The molecule has 0 unspecified atom stereocenters. The summed E-state index contributed by atoms with van der Waals surface area (Å²) >= 11 is 0. The number of hydrogen-bond acceptors (Lipinski definition) is 3. The van der Waals surface area contributed by atoms with E-state index in [2.05, 4.69) is 30.3 Å². The summed E-state index contributed by atoms with van der Waals surface area (Å²) < 4.78 is 0. The molecule has 0 saturated heterocycles. The quantitative estimate of drug-likeness (QED) is 0.773. The van der Waals surface area contributed by atoms with Crippen molar-refractivity contribution < 1.29 is 9.90 Å². The Morgan fingerprint density at radius 2 is 2.31 bits per heavy atom. The lowest BCUT2D eigenvalue weighted by Crippen LogP contribution is -2.30. The van der Waals surface area contributed by atoms with E-state index in [1.165, 1.54) is 6.07 Å². The average Bonchev–Trinajstić information content (AvgIpc) is 2.25. The van der Waals surface area contributed by atoms with Crippen LogP contribution in [0, 0.1) is 0 Å². The van der Waals surface area contributed by atoms with E-state index in [1.807, 2.05) is 6.08 Å². The maximum Gasteiger partial charge on any atom is 0.354 e. The first-order valence-electron chi connectivity index (χ1n) is 5.13. The number of rotatable bonds is 5. The highest BCUT2D eigenvalue weighted by atomic mass is 16.4. The van der Waals surface area contributed by atoms with E-state index in [4.69, 9.17) is 5.11 Å². The molecule has 0 aromatic carbocycles. The zero-order valence-corrected chi connectivity index (χ0v) is 9.55. The monoisotopic (exact) mass is 220 g/mol. The van der Waals surface area contributed by atoms with Crippen LogP contribution in [0.2, 0.25) is 0 Å². The Bertz CT molecular complexity index is 371. The minimum absolute atomic E-state index is 0.0612. The first kappa shape index (κ1) is 12.2. The van der Waals surface area contributed by atoms with E-state index in [0.29, 0.717) is 12.6 Å². The number of anilines is 1. The largest absolute Gasteiger partial charge is 0.477 e. The van der Waals surface area contributed by atoms with Gasteiger partial charge < -0.3 is 10.0 Å². The van der Waals surface area contributed by atoms with Crippen LogP contribution in [0.5, 0.6) is 0 Å². The smallest absolute Gasteiger partial charge is 0.354 e. The van der Waals surface area contributed by atoms with Crippen molar-refractivity contribution in [2.75, 3.05) is 11.4 Å². The maximum absolute atomic E-state index is 10.6. The van der Waals surface area contributed by atoms with Crippen molar-refractivity contribution in [3.8, 4) is 0 Å². The molecule has 1 N–H and O–H groups in total. The second-order valence-corrected chi connectivity index (χ2v) is 3.74. The number of aromatic nitrogens is 1. The number of pyridine rings is 1. The van der Waals surface area contributed by atoms with Crippen molar-refractivity contribution in [1.29, 1.82) is 0 Å². The molecule has 0 spiro atoms. The van der Waals surface area contributed by atoms with Gasteiger partial charge in [-0.15, -0.1) is 6.58 Å². The van der Waals surface area contributed by atoms with E-state index in [0.717, 1.165) is 5.69 Å². The molecule has 1 aromatic heterocycles. The van der Waals surface area contributed by atoms with Gasteiger partial charge in [0, 0.05) is 12.6 Å². The zero-order chi connectivity index (χ0) is 12.1. The number of nitrogens with zero attached hydrogens (tertiary/aromatic N) is 2. The van der Waals surface area contributed by atoms with Crippen molar-refractivity contribution in [1.82, 2.24) is 4.98 Å². The molecular formula is C12H16N2O2. The highest BCUT2D eigenvalue weighted by molar-refractivity contribution is 5.85. The Morgan fingerprint density at radius 3 is 2.69 bits per heavy atom.